The molecule has 26 heavy (non-hydrogen) atoms. The first-order valence-electron chi connectivity index (χ1n) is 9.32. The van der Waals surface area contributed by atoms with Crippen LogP contribution in [0.5, 0.6) is 0 Å². The molecule has 5 nitrogen and oxygen atoms in total. The molecule has 0 aliphatic heterocycles. The zero-order valence-corrected chi connectivity index (χ0v) is 15.7. The third kappa shape index (κ3) is 4.10. The van der Waals surface area contributed by atoms with E-state index < -0.39 is 0 Å². The molecular weight excluding hydrogens is 348 g/mol. The van der Waals surface area contributed by atoms with Gasteiger partial charge in [-0.05, 0) is 61.3 Å². The number of carbonyl (C=O) groups excluding carboxylic acids is 1. The van der Waals surface area contributed by atoms with Crippen LogP contribution < -0.4 is 11.1 Å². The van der Waals surface area contributed by atoms with Crippen LogP contribution >= 0.6 is 12.4 Å². The molecule has 4 rings (SSSR count). The van der Waals surface area contributed by atoms with Crippen LogP contribution in [-0.2, 0) is 11.3 Å². The van der Waals surface area contributed by atoms with Gasteiger partial charge in [0.05, 0.1) is 6.54 Å². The lowest BCUT2D eigenvalue weighted by Gasteiger charge is -2.43. The van der Waals surface area contributed by atoms with Crippen molar-refractivity contribution in [1.82, 2.24) is 9.78 Å². The number of aromatic nitrogens is 2. The second kappa shape index (κ2) is 8.23. The van der Waals surface area contributed by atoms with E-state index in [1.807, 2.05) is 41.2 Å². The molecule has 1 aromatic heterocycles. The van der Waals surface area contributed by atoms with Gasteiger partial charge in [-0.1, -0.05) is 18.6 Å². The van der Waals surface area contributed by atoms with Crippen molar-refractivity contribution in [3.8, 4) is 0 Å². The van der Waals surface area contributed by atoms with E-state index in [-0.39, 0.29) is 24.2 Å². The fourth-order valence-corrected chi connectivity index (χ4v) is 4.52. The van der Waals surface area contributed by atoms with E-state index >= 15 is 0 Å². The molecule has 1 amide bonds. The van der Waals surface area contributed by atoms with Crippen LogP contribution in [0, 0.1) is 17.8 Å². The van der Waals surface area contributed by atoms with Gasteiger partial charge in [0, 0.05) is 30.0 Å². The Morgan fingerprint density at radius 3 is 2.50 bits per heavy atom. The quantitative estimate of drug-likeness (QED) is 0.860. The van der Waals surface area contributed by atoms with E-state index in [9.17, 15) is 4.79 Å². The Bertz CT molecular complexity index is 702. The van der Waals surface area contributed by atoms with E-state index in [1.165, 1.54) is 24.8 Å². The number of nitrogens with zero attached hydrogens (tertiary/aromatic N) is 2. The van der Waals surface area contributed by atoms with Crippen LogP contribution in [0.25, 0.3) is 0 Å². The summed E-state index contributed by atoms with van der Waals surface area (Å²) in [5, 5.41) is 7.31. The molecule has 2 saturated carbocycles. The second-order valence-corrected chi connectivity index (χ2v) is 7.59. The highest BCUT2D eigenvalue weighted by Gasteiger charge is 2.40. The molecule has 2 atom stereocenters. The van der Waals surface area contributed by atoms with Crippen molar-refractivity contribution in [3.63, 3.8) is 0 Å². The van der Waals surface area contributed by atoms with Crippen molar-refractivity contribution in [2.45, 2.75) is 44.7 Å². The second-order valence-electron chi connectivity index (χ2n) is 7.59. The smallest absolute Gasteiger partial charge is 0.227 e. The molecule has 2 aromatic rings. The first-order valence-corrected chi connectivity index (χ1v) is 9.32. The topological polar surface area (TPSA) is 72.9 Å². The summed E-state index contributed by atoms with van der Waals surface area (Å²) >= 11 is 0. The highest BCUT2D eigenvalue weighted by atomic mass is 35.5. The normalized spacial score (nSPS) is 27.4. The van der Waals surface area contributed by atoms with E-state index in [1.54, 1.807) is 6.20 Å². The fraction of sp³-hybridized carbons (Fsp3) is 0.500. The average Bonchev–Trinajstić information content (AvgIpc) is 3.09. The molecule has 1 aromatic carbocycles. The fourth-order valence-electron chi connectivity index (χ4n) is 4.52. The number of benzene rings is 1. The zero-order chi connectivity index (χ0) is 17.2. The van der Waals surface area contributed by atoms with E-state index in [0.29, 0.717) is 17.9 Å². The number of halogens is 1. The van der Waals surface area contributed by atoms with Crippen molar-refractivity contribution in [1.29, 1.82) is 0 Å². The standard InChI is InChI=1S/C20H26N4O.ClH/c21-19-15-3-1-4-16(19)12-17(11-15)20(25)23-18-7-5-14(6-8-18)13-24-10-2-9-22-24;/h2,5-10,15-17,19H,1,3-4,11-13,21H2,(H,23,25);1H. The summed E-state index contributed by atoms with van der Waals surface area (Å²) in [6, 6.07) is 10.3. The number of hydrogen-bond donors (Lipinski definition) is 2. The summed E-state index contributed by atoms with van der Waals surface area (Å²) in [6.45, 7) is 0.741. The molecule has 2 aliphatic carbocycles. The van der Waals surface area contributed by atoms with Gasteiger partial charge >= 0.3 is 0 Å². The largest absolute Gasteiger partial charge is 0.327 e. The van der Waals surface area contributed by atoms with Gasteiger partial charge in [-0.15, -0.1) is 12.4 Å². The van der Waals surface area contributed by atoms with Gasteiger partial charge in [0.1, 0.15) is 0 Å². The molecule has 3 N–H and O–H groups in total. The first kappa shape index (κ1) is 18.9. The SMILES string of the molecule is Cl.NC1C2CCCC1CC(C(=O)Nc1ccc(Cn3cccn3)cc1)C2. The van der Waals surface area contributed by atoms with Crippen molar-refractivity contribution in [2.75, 3.05) is 5.32 Å². The van der Waals surface area contributed by atoms with Crippen LogP contribution in [0.2, 0.25) is 0 Å². The van der Waals surface area contributed by atoms with Gasteiger partial charge in [-0.2, -0.15) is 5.10 Å². The Hall–Kier alpha value is -1.85. The number of carbonyl (C=O) groups is 1. The van der Waals surface area contributed by atoms with Gasteiger partial charge in [0.25, 0.3) is 0 Å². The number of hydrogen-bond acceptors (Lipinski definition) is 3. The Kier molecular flexibility index (Phi) is 5.99. The van der Waals surface area contributed by atoms with Gasteiger partial charge in [-0.3, -0.25) is 9.48 Å². The van der Waals surface area contributed by atoms with Crippen LogP contribution in [0.1, 0.15) is 37.7 Å². The number of nitrogens with two attached hydrogens (primary N) is 1. The lowest BCUT2D eigenvalue weighted by atomic mass is 9.65. The summed E-state index contributed by atoms with van der Waals surface area (Å²) in [6.07, 6.45) is 9.25. The minimum atomic E-state index is 0. The first-order chi connectivity index (χ1) is 12.2. The Morgan fingerprint density at radius 1 is 1.19 bits per heavy atom. The summed E-state index contributed by atoms with van der Waals surface area (Å²) in [7, 11) is 0. The predicted octanol–water partition coefficient (Wildman–Crippen LogP) is 3.45. The van der Waals surface area contributed by atoms with Gasteiger partial charge in [-0.25, -0.2) is 0 Å². The number of rotatable bonds is 4. The molecular formula is C20H27ClN4O. The van der Waals surface area contributed by atoms with E-state index in [4.69, 9.17) is 5.73 Å². The molecule has 0 spiro atoms. The number of fused-ring (bicyclic) bond motifs is 2. The number of nitrogens with one attached hydrogen (secondary N) is 1. The highest BCUT2D eigenvalue weighted by Crippen LogP contribution is 2.42. The van der Waals surface area contributed by atoms with Gasteiger partial charge in [0.15, 0.2) is 0 Å². The molecule has 1 heterocycles. The molecule has 2 fully saturated rings. The van der Waals surface area contributed by atoms with E-state index in [0.717, 1.165) is 25.1 Å². The summed E-state index contributed by atoms with van der Waals surface area (Å²) in [5.74, 6) is 1.32. The molecule has 2 unspecified atom stereocenters. The van der Waals surface area contributed by atoms with Crippen LogP contribution in [0.3, 0.4) is 0 Å². The maximum absolute atomic E-state index is 12.7. The Balaban J connectivity index is 0.00000196. The molecule has 0 saturated heterocycles. The zero-order valence-electron chi connectivity index (χ0n) is 14.9. The molecule has 6 heteroatoms. The minimum absolute atomic E-state index is 0. The van der Waals surface area contributed by atoms with Crippen molar-refractivity contribution in [2.24, 2.45) is 23.5 Å². The lowest BCUT2D eigenvalue weighted by molar-refractivity contribution is -0.122. The third-order valence-electron chi connectivity index (χ3n) is 5.91. The maximum atomic E-state index is 12.7. The van der Waals surface area contributed by atoms with Crippen molar-refractivity contribution in [3.05, 3.63) is 48.3 Å². The molecule has 2 aliphatic rings. The van der Waals surface area contributed by atoms with Gasteiger partial charge < -0.3 is 11.1 Å². The van der Waals surface area contributed by atoms with Crippen molar-refractivity contribution < 1.29 is 4.79 Å². The van der Waals surface area contributed by atoms with Crippen molar-refractivity contribution >= 4 is 24.0 Å². The van der Waals surface area contributed by atoms with Gasteiger partial charge in [0.2, 0.25) is 5.91 Å². The highest BCUT2D eigenvalue weighted by molar-refractivity contribution is 5.92. The van der Waals surface area contributed by atoms with E-state index in [2.05, 4.69) is 10.4 Å². The maximum Gasteiger partial charge on any atom is 0.227 e. The monoisotopic (exact) mass is 374 g/mol. The number of anilines is 1. The lowest BCUT2D eigenvalue weighted by Crippen LogP contribution is -2.48. The predicted molar refractivity (Wildman–Crippen MR) is 105 cm³/mol. The molecule has 140 valence electrons. The third-order valence-corrected chi connectivity index (χ3v) is 5.91. The molecule has 0 radical (unpaired) electrons. The van der Waals surface area contributed by atoms with Crippen LogP contribution in [-0.4, -0.2) is 21.7 Å². The summed E-state index contributed by atoms with van der Waals surface area (Å²) < 4.78 is 1.89. The Labute approximate surface area is 160 Å². The molecule has 2 bridgehead atoms. The average molecular weight is 375 g/mol. The Morgan fingerprint density at radius 2 is 1.88 bits per heavy atom. The van der Waals surface area contributed by atoms with Crippen LogP contribution in [0.15, 0.2) is 42.7 Å². The summed E-state index contributed by atoms with van der Waals surface area (Å²) in [5.41, 5.74) is 8.37. The number of amides is 1. The minimum Gasteiger partial charge on any atom is -0.327 e. The summed E-state index contributed by atoms with van der Waals surface area (Å²) in [4.78, 5) is 12.7. The van der Waals surface area contributed by atoms with Crippen LogP contribution in [0.4, 0.5) is 5.69 Å².